The molecule has 0 spiro atoms. The Hall–Kier alpha value is -1.48. The second-order valence-corrected chi connectivity index (χ2v) is 7.41. The van der Waals surface area contributed by atoms with Crippen molar-refractivity contribution in [2.75, 3.05) is 39.4 Å². The van der Waals surface area contributed by atoms with Crippen molar-refractivity contribution >= 4 is 15.9 Å². The maximum Gasteiger partial charge on any atom is 0.238 e. The summed E-state index contributed by atoms with van der Waals surface area (Å²) in [7, 11) is -3.67. The number of sulfonamides is 1. The van der Waals surface area contributed by atoms with Crippen LogP contribution in [0.25, 0.3) is 0 Å². The van der Waals surface area contributed by atoms with Crippen LogP contribution in [-0.4, -0.2) is 58.6 Å². The Morgan fingerprint density at radius 2 is 1.88 bits per heavy atom. The van der Waals surface area contributed by atoms with Gasteiger partial charge in [-0.15, -0.1) is 0 Å². The van der Waals surface area contributed by atoms with Gasteiger partial charge in [-0.05, 0) is 37.1 Å². The summed E-state index contributed by atoms with van der Waals surface area (Å²) in [5.41, 5.74) is 0.908. The molecular weight excluding hydrogens is 330 g/mol. The smallest absolute Gasteiger partial charge is 0.238 e. The predicted molar refractivity (Wildman–Crippen MR) is 91.0 cm³/mol. The lowest BCUT2D eigenvalue weighted by molar-refractivity contribution is -0.121. The van der Waals surface area contributed by atoms with Crippen molar-refractivity contribution in [3.05, 3.63) is 29.8 Å². The summed E-state index contributed by atoms with van der Waals surface area (Å²) in [6.45, 7) is 5.14. The number of hydrogen-bond acceptors (Lipinski definition) is 5. The average Bonchev–Trinajstić information content (AvgIpc) is 2.57. The molecule has 0 aliphatic carbocycles. The van der Waals surface area contributed by atoms with Gasteiger partial charge in [-0.1, -0.05) is 12.1 Å². The molecule has 1 aromatic carbocycles. The topological polar surface area (TPSA) is 102 Å². The number of carbonyl (C=O) groups excluding carboxylic acids is 1. The zero-order chi connectivity index (χ0) is 17.4. The third-order valence-corrected chi connectivity index (χ3v) is 4.90. The zero-order valence-electron chi connectivity index (χ0n) is 13.7. The van der Waals surface area contributed by atoms with Crippen molar-refractivity contribution in [3.63, 3.8) is 0 Å². The minimum absolute atomic E-state index is 0.00694. The molecule has 0 bridgehead atoms. The van der Waals surface area contributed by atoms with Gasteiger partial charge >= 0.3 is 0 Å². The van der Waals surface area contributed by atoms with Crippen LogP contribution >= 0.6 is 0 Å². The molecule has 0 saturated carbocycles. The molecule has 7 nitrogen and oxygen atoms in total. The van der Waals surface area contributed by atoms with Crippen LogP contribution in [0.15, 0.2) is 29.2 Å². The summed E-state index contributed by atoms with van der Waals surface area (Å²) >= 11 is 0. The fraction of sp³-hybridized carbons (Fsp3) is 0.562. The van der Waals surface area contributed by atoms with Gasteiger partial charge in [-0.3, -0.25) is 9.69 Å². The number of amides is 1. The number of benzene rings is 1. The van der Waals surface area contributed by atoms with Gasteiger partial charge in [0.15, 0.2) is 0 Å². The van der Waals surface area contributed by atoms with E-state index in [9.17, 15) is 13.2 Å². The summed E-state index contributed by atoms with van der Waals surface area (Å²) in [4.78, 5) is 14.3. The molecule has 1 saturated heterocycles. The molecule has 8 heteroatoms. The molecule has 1 aliphatic heterocycles. The number of ether oxygens (including phenoxy) is 1. The summed E-state index contributed by atoms with van der Waals surface area (Å²) in [6.07, 6.45) is 1.88. The number of rotatable bonds is 8. The van der Waals surface area contributed by atoms with Crippen LogP contribution in [0, 0.1) is 0 Å². The number of aryl methyl sites for hydroxylation is 1. The molecule has 1 amide bonds. The van der Waals surface area contributed by atoms with Gasteiger partial charge < -0.3 is 10.1 Å². The predicted octanol–water partition coefficient (Wildman–Crippen LogP) is 0.105. The molecule has 1 heterocycles. The van der Waals surface area contributed by atoms with E-state index in [0.717, 1.165) is 44.8 Å². The first-order valence-corrected chi connectivity index (χ1v) is 9.68. The van der Waals surface area contributed by atoms with E-state index in [2.05, 4.69) is 10.2 Å². The van der Waals surface area contributed by atoms with Crippen LogP contribution in [0.5, 0.6) is 0 Å². The first kappa shape index (κ1) is 18.9. The van der Waals surface area contributed by atoms with Crippen LogP contribution in [0.4, 0.5) is 0 Å². The highest BCUT2D eigenvalue weighted by Crippen LogP contribution is 2.10. The zero-order valence-corrected chi connectivity index (χ0v) is 14.6. The number of nitrogens with zero attached hydrogens (tertiary/aromatic N) is 1. The van der Waals surface area contributed by atoms with Crippen LogP contribution in [-0.2, 0) is 26.0 Å². The van der Waals surface area contributed by atoms with Crippen LogP contribution < -0.4 is 10.5 Å². The maximum atomic E-state index is 11.8. The molecule has 3 N–H and O–H groups in total. The van der Waals surface area contributed by atoms with Crippen molar-refractivity contribution in [2.45, 2.75) is 24.2 Å². The number of nitrogens with one attached hydrogen (secondary N) is 1. The molecule has 2 rings (SSSR count). The van der Waals surface area contributed by atoms with Crippen molar-refractivity contribution in [1.82, 2.24) is 10.2 Å². The fourth-order valence-electron chi connectivity index (χ4n) is 2.55. The van der Waals surface area contributed by atoms with E-state index in [1.54, 1.807) is 12.1 Å². The number of carbonyl (C=O) groups is 1. The molecule has 0 radical (unpaired) electrons. The number of nitrogens with two attached hydrogens (primary N) is 1. The molecule has 1 fully saturated rings. The monoisotopic (exact) mass is 355 g/mol. The standard InChI is InChI=1S/C16H25N3O4S/c17-24(21,22)15-5-2-14(3-6-15)4-7-16(20)18-8-1-9-19-10-12-23-13-11-19/h2-3,5-6H,1,4,7-13H2,(H,18,20)(H2,17,21,22). The lowest BCUT2D eigenvalue weighted by Crippen LogP contribution is -2.38. The lowest BCUT2D eigenvalue weighted by Gasteiger charge is -2.26. The van der Waals surface area contributed by atoms with Gasteiger partial charge in [0.1, 0.15) is 0 Å². The first-order chi connectivity index (χ1) is 11.4. The SMILES string of the molecule is NS(=O)(=O)c1ccc(CCC(=O)NCCCN2CCOCC2)cc1. The van der Waals surface area contributed by atoms with Crippen molar-refractivity contribution in [2.24, 2.45) is 5.14 Å². The second kappa shape index (κ2) is 9.12. The summed E-state index contributed by atoms with van der Waals surface area (Å²) in [5, 5.41) is 7.96. The molecule has 0 atom stereocenters. The quantitative estimate of drug-likeness (QED) is 0.644. The van der Waals surface area contributed by atoms with E-state index in [1.807, 2.05) is 0 Å². The van der Waals surface area contributed by atoms with E-state index < -0.39 is 10.0 Å². The third-order valence-electron chi connectivity index (χ3n) is 3.97. The Balaban J connectivity index is 1.62. The lowest BCUT2D eigenvalue weighted by atomic mass is 10.1. The van der Waals surface area contributed by atoms with E-state index >= 15 is 0 Å². The fourth-order valence-corrected chi connectivity index (χ4v) is 3.06. The highest BCUT2D eigenvalue weighted by molar-refractivity contribution is 7.89. The highest BCUT2D eigenvalue weighted by atomic mass is 32.2. The summed E-state index contributed by atoms with van der Waals surface area (Å²) < 4.78 is 27.6. The molecule has 24 heavy (non-hydrogen) atoms. The van der Waals surface area contributed by atoms with Crippen LogP contribution in [0.1, 0.15) is 18.4 Å². The molecule has 1 aliphatic rings. The van der Waals surface area contributed by atoms with E-state index in [0.29, 0.717) is 19.4 Å². The van der Waals surface area contributed by atoms with Crippen LogP contribution in [0.2, 0.25) is 0 Å². The maximum absolute atomic E-state index is 11.8. The van der Waals surface area contributed by atoms with E-state index in [1.165, 1.54) is 12.1 Å². The van der Waals surface area contributed by atoms with Crippen LogP contribution in [0.3, 0.4) is 0 Å². The van der Waals surface area contributed by atoms with Gasteiger partial charge in [0.05, 0.1) is 18.1 Å². The minimum atomic E-state index is -3.67. The summed E-state index contributed by atoms with van der Waals surface area (Å²) in [5.74, 6) is 0.00694. The Bertz CT molecular complexity index is 625. The average molecular weight is 355 g/mol. The second-order valence-electron chi connectivity index (χ2n) is 5.85. The van der Waals surface area contributed by atoms with Crippen molar-refractivity contribution in [3.8, 4) is 0 Å². The Kier molecular flexibility index (Phi) is 7.16. The number of primary sulfonamides is 1. The van der Waals surface area contributed by atoms with Gasteiger partial charge in [0.25, 0.3) is 0 Å². The Morgan fingerprint density at radius 3 is 2.50 bits per heavy atom. The number of hydrogen-bond donors (Lipinski definition) is 2. The normalized spacial score (nSPS) is 16.0. The first-order valence-electron chi connectivity index (χ1n) is 8.14. The van der Waals surface area contributed by atoms with E-state index in [-0.39, 0.29) is 10.8 Å². The molecule has 1 aromatic rings. The van der Waals surface area contributed by atoms with Gasteiger partial charge in [0, 0.05) is 26.1 Å². The Morgan fingerprint density at radius 1 is 1.21 bits per heavy atom. The summed E-state index contributed by atoms with van der Waals surface area (Å²) in [6, 6.07) is 6.30. The highest BCUT2D eigenvalue weighted by Gasteiger charge is 2.10. The van der Waals surface area contributed by atoms with Gasteiger partial charge in [-0.2, -0.15) is 0 Å². The Labute approximate surface area is 143 Å². The number of morpholine rings is 1. The third kappa shape index (κ3) is 6.56. The minimum Gasteiger partial charge on any atom is -0.379 e. The molecule has 0 aromatic heterocycles. The largest absolute Gasteiger partial charge is 0.379 e. The molecule has 0 unspecified atom stereocenters. The molecular formula is C16H25N3O4S. The van der Waals surface area contributed by atoms with Gasteiger partial charge in [-0.25, -0.2) is 13.6 Å². The van der Waals surface area contributed by atoms with Crippen molar-refractivity contribution < 1.29 is 17.9 Å². The van der Waals surface area contributed by atoms with Gasteiger partial charge in [0.2, 0.25) is 15.9 Å². The molecule has 134 valence electrons. The van der Waals surface area contributed by atoms with E-state index in [4.69, 9.17) is 9.88 Å². The van der Waals surface area contributed by atoms with Crippen molar-refractivity contribution in [1.29, 1.82) is 0 Å².